The number of carbonyl (C=O) groups excluding carboxylic acids is 1. The van der Waals surface area contributed by atoms with E-state index in [0.717, 1.165) is 16.5 Å². The Morgan fingerprint density at radius 1 is 0.952 bits per heavy atom. The van der Waals surface area contributed by atoms with E-state index in [0.29, 0.717) is 5.69 Å². The van der Waals surface area contributed by atoms with Crippen molar-refractivity contribution in [2.45, 2.75) is 13.0 Å². The number of carbonyl (C=O) groups is 1. The van der Waals surface area contributed by atoms with Crippen molar-refractivity contribution < 1.29 is 4.79 Å². The van der Waals surface area contributed by atoms with Gasteiger partial charge in [0.1, 0.15) is 5.69 Å². The molecule has 1 aromatic heterocycles. The van der Waals surface area contributed by atoms with Crippen molar-refractivity contribution in [3.05, 3.63) is 78.0 Å². The van der Waals surface area contributed by atoms with Gasteiger partial charge in [-0.2, -0.15) is 0 Å². The molecule has 1 amide bonds. The third-order valence-corrected chi connectivity index (χ3v) is 3.48. The number of hydrogen-bond acceptors (Lipinski definition) is 2. The molecule has 1 heterocycles. The Labute approximate surface area is 123 Å². The normalized spacial score (nSPS) is 12.0. The molecular weight excluding hydrogens is 260 g/mol. The zero-order chi connectivity index (χ0) is 14.7. The zero-order valence-corrected chi connectivity index (χ0v) is 11.8. The van der Waals surface area contributed by atoms with Crippen LogP contribution in [0.5, 0.6) is 0 Å². The summed E-state index contributed by atoms with van der Waals surface area (Å²) in [6, 6.07) is 21.3. The van der Waals surface area contributed by atoms with Gasteiger partial charge in [0.15, 0.2) is 0 Å². The molecule has 1 N–H and O–H groups in total. The molecule has 0 aliphatic heterocycles. The molecule has 0 aliphatic rings. The van der Waals surface area contributed by atoms with Gasteiger partial charge in [-0.1, -0.05) is 54.6 Å². The standard InChI is InChI=1S/C18H16N2O/c1-13(14-7-3-2-4-8-14)19-18(21)17-12-11-15-9-5-6-10-16(15)20-17/h2-13H,1H3,(H,19,21)/t13-/m1/s1. The lowest BCUT2D eigenvalue weighted by Crippen LogP contribution is -2.27. The van der Waals surface area contributed by atoms with E-state index in [9.17, 15) is 4.79 Å². The van der Waals surface area contributed by atoms with E-state index < -0.39 is 0 Å². The number of rotatable bonds is 3. The summed E-state index contributed by atoms with van der Waals surface area (Å²) < 4.78 is 0. The van der Waals surface area contributed by atoms with E-state index in [1.807, 2.05) is 67.6 Å². The van der Waals surface area contributed by atoms with Crippen LogP contribution in [0.4, 0.5) is 0 Å². The van der Waals surface area contributed by atoms with Crippen LogP contribution in [0.1, 0.15) is 29.0 Å². The van der Waals surface area contributed by atoms with Gasteiger partial charge in [0.2, 0.25) is 0 Å². The molecule has 2 aromatic carbocycles. The Balaban J connectivity index is 1.80. The van der Waals surface area contributed by atoms with E-state index in [4.69, 9.17) is 0 Å². The minimum atomic E-state index is -0.155. The highest BCUT2D eigenvalue weighted by molar-refractivity contribution is 5.95. The second-order valence-electron chi connectivity index (χ2n) is 5.00. The molecule has 0 saturated carbocycles. The summed E-state index contributed by atoms with van der Waals surface area (Å²) in [5.74, 6) is -0.155. The van der Waals surface area contributed by atoms with Gasteiger partial charge in [-0.25, -0.2) is 4.98 Å². The first-order valence-electron chi connectivity index (χ1n) is 6.95. The number of benzene rings is 2. The first-order valence-corrected chi connectivity index (χ1v) is 6.95. The average molecular weight is 276 g/mol. The number of fused-ring (bicyclic) bond motifs is 1. The van der Waals surface area contributed by atoms with Crippen molar-refractivity contribution in [1.82, 2.24) is 10.3 Å². The molecule has 0 spiro atoms. The van der Waals surface area contributed by atoms with Gasteiger partial charge in [0.05, 0.1) is 11.6 Å². The van der Waals surface area contributed by atoms with Gasteiger partial charge in [-0.05, 0) is 24.6 Å². The number of nitrogens with one attached hydrogen (secondary N) is 1. The number of para-hydroxylation sites is 1. The Morgan fingerprint density at radius 2 is 1.67 bits per heavy atom. The lowest BCUT2D eigenvalue weighted by Gasteiger charge is -2.14. The molecule has 3 rings (SSSR count). The monoisotopic (exact) mass is 276 g/mol. The predicted octanol–water partition coefficient (Wildman–Crippen LogP) is 3.73. The van der Waals surface area contributed by atoms with Gasteiger partial charge in [-0.15, -0.1) is 0 Å². The molecular formula is C18H16N2O. The van der Waals surface area contributed by atoms with Crippen molar-refractivity contribution in [3.8, 4) is 0 Å². The van der Waals surface area contributed by atoms with Crippen molar-refractivity contribution in [2.24, 2.45) is 0 Å². The van der Waals surface area contributed by atoms with Gasteiger partial charge < -0.3 is 5.32 Å². The minimum absolute atomic E-state index is 0.0491. The summed E-state index contributed by atoms with van der Waals surface area (Å²) >= 11 is 0. The van der Waals surface area contributed by atoms with Gasteiger partial charge in [0, 0.05) is 5.39 Å². The van der Waals surface area contributed by atoms with Crippen LogP contribution in [0.3, 0.4) is 0 Å². The first kappa shape index (κ1) is 13.3. The molecule has 3 heteroatoms. The predicted molar refractivity (Wildman–Crippen MR) is 84.1 cm³/mol. The number of hydrogen-bond donors (Lipinski definition) is 1. The fraction of sp³-hybridized carbons (Fsp3) is 0.111. The quantitative estimate of drug-likeness (QED) is 0.792. The zero-order valence-electron chi connectivity index (χ0n) is 11.8. The maximum atomic E-state index is 12.3. The Hall–Kier alpha value is -2.68. The van der Waals surface area contributed by atoms with Crippen LogP contribution in [0.2, 0.25) is 0 Å². The molecule has 104 valence electrons. The van der Waals surface area contributed by atoms with E-state index in [-0.39, 0.29) is 11.9 Å². The number of pyridine rings is 1. The van der Waals surface area contributed by atoms with Gasteiger partial charge >= 0.3 is 0 Å². The lowest BCUT2D eigenvalue weighted by molar-refractivity contribution is 0.0935. The van der Waals surface area contributed by atoms with Crippen molar-refractivity contribution in [2.75, 3.05) is 0 Å². The van der Waals surface area contributed by atoms with Crippen molar-refractivity contribution >= 4 is 16.8 Å². The second-order valence-corrected chi connectivity index (χ2v) is 5.00. The molecule has 0 bridgehead atoms. The summed E-state index contributed by atoms with van der Waals surface area (Å²) in [6.07, 6.45) is 0. The molecule has 3 aromatic rings. The van der Waals surface area contributed by atoms with Crippen LogP contribution in [-0.4, -0.2) is 10.9 Å². The lowest BCUT2D eigenvalue weighted by atomic mass is 10.1. The topological polar surface area (TPSA) is 42.0 Å². The third-order valence-electron chi connectivity index (χ3n) is 3.48. The van der Waals surface area contributed by atoms with Crippen LogP contribution >= 0.6 is 0 Å². The Bertz CT molecular complexity index is 768. The highest BCUT2D eigenvalue weighted by Crippen LogP contribution is 2.14. The Morgan fingerprint density at radius 3 is 2.48 bits per heavy atom. The fourth-order valence-corrected chi connectivity index (χ4v) is 2.29. The van der Waals surface area contributed by atoms with Gasteiger partial charge in [0.25, 0.3) is 5.91 Å². The highest BCUT2D eigenvalue weighted by Gasteiger charge is 2.12. The maximum absolute atomic E-state index is 12.3. The summed E-state index contributed by atoms with van der Waals surface area (Å²) in [5, 5.41) is 4.01. The Kier molecular flexibility index (Phi) is 3.65. The third kappa shape index (κ3) is 2.92. The molecule has 0 radical (unpaired) electrons. The molecule has 0 saturated heterocycles. The molecule has 21 heavy (non-hydrogen) atoms. The van der Waals surface area contributed by atoms with Crippen LogP contribution < -0.4 is 5.32 Å². The number of nitrogens with zero attached hydrogens (tertiary/aromatic N) is 1. The van der Waals surface area contributed by atoms with Crippen LogP contribution in [0.15, 0.2) is 66.7 Å². The van der Waals surface area contributed by atoms with Gasteiger partial charge in [-0.3, -0.25) is 4.79 Å². The number of amides is 1. The summed E-state index contributed by atoms with van der Waals surface area (Å²) in [5.41, 5.74) is 2.35. The molecule has 0 aliphatic carbocycles. The van der Waals surface area contributed by atoms with Crippen molar-refractivity contribution in [1.29, 1.82) is 0 Å². The average Bonchev–Trinajstić information content (AvgIpc) is 2.55. The summed E-state index contributed by atoms with van der Waals surface area (Å²) in [6.45, 7) is 1.97. The van der Waals surface area contributed by atoms with Crippen molar-refractivity contribution in [3.63, 3.8) is 0 Å². The second kappa shape index (κ2) is 5.75. The first-order chi connectivity index (χ1) is 10.2. The SMILES string of the molecule is C[C@@H](NC(=O)c1ccc2ccccc2n1)c1ccccc1. The molecule has 0 fully saturated rings. The smallest absolute Gasteiger partial charge is 0.270 e. The fourth-order valence-electron chi connectivity index (χ4n) is 2.29. The van der Waals surface area contributed by atoms with E-state index in [2.05, 4.69) is 10.3 Å². The van der Waals surface area contributed by atoms with Crippen LogP contribution in [0, 0.1) is 0 Å². The largest absolute Gasteiger partial charge is 0.344 e. The molecule has 1 atom stereocenters. The maximum Gasteiger partial charge on any atom is 0.270 e. The van der Waals surface area contributed by atoms with Crippen LogP contribution in [-0.2, 0) is 0 Å². The molecule has 0 unspecified atom stereocenters. The molecule has 3 nitrogen and oxygen atoms in total. The number of aromatic nitrogens is 1. The van der Waals surface area contributed by atoms with E-state index in [1.165, 1.54) is 0 Å². The highest BCUT2D eigenvalue weighted by atomic mass is 16.1. The minimum Gasteiger partial charge on any atom is -0.344 e. The summed E-state index contributed by atoms with van der Waals surface area (Å²) in [7, 11) is 0. The van der Waals surface area contributed by atoms with Crippen LogP contribution in [0.25, 0.3) is 10.9 Å². The summed E-state index contributed by atoms with van der Waals surface area (Å²) in [4.78, 5) is 16.7. The van der Waals surface area contributed by atoms with E-state index >= 15 is 0 Å². The van der Waals surface area contributed by atoms with E-state index in [1.54, 1.807) is 6.07 Å².